The standard InChI is InChI=1S/C16H16BrNO5/c1-10-9-23-13(8-14(19)20)15(10)16(21)18-5-6-22-12-4-2-3-11(17)7-12/h2-4,7,9H,5-6,8H2,1H3,(H,18,21)(H,19,20). The van der Waals surface area contributed by atoms with Crippen molar-refractivity contribution in [2.24, 2.45) is 0 Å². The Labute approximate surface area is 141 Å². The van der Waals surface area contributed by atoms with Crippen LogP contribution in [0.25, 0.3) is 0 Å². The second-order valence-corrected chi connectivity index (χ2v) is 5.76. The quantitative estimate of drug-likeness (QED) is 0.719. The number of carboxylic acid groups (broad SMARTS) is 1. The van der Waals surface area contributed by atoms with Gasteiger partial charge in [0.15, 0.2) is 0 Å². The van der Waals surface area contributed by atoms with Gasteiger partial charge in [0.25, 0.3) is 5.91 Å². The zero-order valence-electron chi connectivity index (χ0n) is 12.5. The molecule has 2 N–H and O–H groups in total. The van der Waals surface area contributed by atoms with E-state index in [1.807, 2.05) is 24.3 Å². The zero-order valence-corrected chi connectivity index (χ0v) is 14.1. The minimum absolute atomic E-state index is 0.153. The van der Waals surface area contributed by atoms with E-state index in [0.29, 0.717) is 24.5 Å². The van der Waals surface area contributed by atoms with Gasteiger partial charge in [-0.1, -0.05) is 22.0 Å². The molecule has 122 valence electrons. The van der Waals surface area contributed by atoms with Gasteiger partial charge in [-0.05, 0) is 25.1 Å². The molecule has 0 aliphatic carbocycles. The maximum Gasteiger partial charge on any atom is 0.311 e. The molecule has 0 saturated heterocycles. The molecule has 1 aromatic heterocycles. The van der Waals surface area contributed by atoms with E-state index in [4.69, 9.17) is 14.3 Å². The van der Waals surface area contributed by atoms with Crippen LogP contribution in [0.2, 0.25) is 0 Å². The van der Waals surface area contributed by atoms with Crippen LogP contribution >= 0.6 is 15.9 Å². The number of furan rings is 1. The van der Waals surface area contributed by atoms with Crippen molar-refractivity contribution >= 4 is 27.8 Å². The minimum Gasteiger partial charge on any atom is -0.492 e. The Bertz CT molecular complexity index is 710. The number of benzene rings is 1. The molecule has 0 unspecified atom stereocenters. The topological polar surface area (TPSA) is 88.8 Å². The summed E-state index contributed by atoms with van der Waals surface area (Å²) in [6.45, 7) is 2.29. The van der Waals surface area contributed by atoms with Crippen molar-refractivity contribution in [1.29, 1.82) is 0 Å². The zero-order chi connectivity index (χ0) is 16.8. The normalized spacial score (nSPS) is 10.3. The van der Waals surface area contributed by atoms with Crippen molar-refractivity contribution in [3.05, 3.63) is 51.9 Å². The number of nitrogens with one attached hydrogen (secondary N) is 1. The Kier molecular flexibility index (Phi) is 5.81. The molecule has 0 radical (unpaired) electrons. The molecule has 2 rings (SSSR count). The van der Waals surface area contributed by atoms with Crippen molar-refractivity contribution in [3.8, 4) is 5.75 Å². The predicted octanol–water partition coefficient (Wildman–Crippen LogP) is 2.79. The molecular formula is C16H16BrNO5. The van der Waals surface area contributed by atoms with E-state index in [2.05, 4.69) is 21.2 Å². The summed E-state index contributed by atoms with van der Waals surface area (Å²) in [5.41, 5.74) is 0.876. The van der Waals surface area contributed by atoms with Gasteiger partial charge < -0.3 is 19.6 Å². The summed E-state index contributed by atoms with van der Waals surface area (Å²) in [6, 6.07) is 7.39. The Hall–Kier alpha value is -2.28. The number of hydrogen-bond acceptors (Lipinski definition) is 4. The Balaban J connectivity index is 1.88. The number of halogens is 1. The van der Waals surface area contributed by atoms with Crippen molar-refractivity contribution in [1.82, 2.24) is 5.32 Å². The molecule has 1 amide bonds. The molecule has 0 spiro atoms. The second-order valence-electron chi connectivity index (χ2n) is 4.85. The highest BCUT2D eigenvalue weighted by atomic mass is 79.9. The fraction of sp³-hybridized carbons (Fsp3) is 0.250. The van der Waals surface area contributed by atoms with Gasteiger partial charge in [0, 0.05) is 10.0 Å². The monoisotopic (exact) mass is 381 g/mol. The third kappa shape index (κ3) is 4.85. The number of aryl methyl sites for hydroxylation is 1. The lowest BCUT2D eigenvalue weighted by Gasteiger charge is -2.08. The van der Waals surface area contributed by atoms with Crippen LogP contribution in [-0.4, -0.2) is 30.1 Å². The third-order valence-electron chi connectivity index (χ3n) is 3.04. The number of hydrogen-bond donors (Lipinski definition) is 2. The number of rotatable bonds is 7. The third-order valence-corrected chi connectivity index (χ3v) is 3.54. The number of ether oxygens (including phenoxy) is 1. The van der Waals surface area contributed by atoms with Gasteiger partial charge in [-0.3, -0.25) is 9.59 Å². The van der Waals surface area contributed by atoms with Crippen LogP contribution in [0.3, 0.4) is 0 Å². The van der Waals surface area contributed by atoms with Crippen LogP contribution in [-0.2, 0) is 11.2 Å². The number of carbonyl (C=O) groups is 2. The van der Waals surface area contributed by atoms with Gasteiger partial charge in [-0.25, -0.2) is 0 Å². The first-order valence-electron chi connectivity index (χ1n) is 6.92. The molecule has 0 fully saturated rings. The maximum absolute atomic E-state index is 12.2. The summed E-state index contributed by atoms with van der Waals surface area (Å²) < 4.78 is 11.6. The van der Waals surface area contributed by atoms with Crippen LogP contribution < -0.4 is 10.1 Å². The molecule has 2 aromatic rings. The lowest BCUT2D eigenvalue weighted by atomic mass is 10.1. The van der Waals surface area contributed by atoms with E-state index in [0.717, 1.165) is 4.47 Å². The van der Waals surface area contributed by atoms with Gasteiger partial charge in [-0.15, -0.1) is 0 Å². The van der Waals surface area contributed by atoms with Gasteiger partial charge in [0.1, 0.15) is 24.5 Å². The smallest absolute Gasteiger partial charge is 0.311 e. The molecule has 23 heavy (non-hydrogen) atoms. The van der Waals surface area contributed by atoms with Crippen LogP contribution in [0, 0.1) is 6.92 Å². The van der Waals surface area contributed by atoms with Gasteiger partial charge in [0.05, 0.1) is 18.4 Å². The molecule has 0 bridgehead atoms. The minimum atomic E-state index is -1.05. The largest absolute Gasteiger partial charge is 0.492 e. The molecule has 0 aliphatic heterocycles. The fourth-order valence-electron chi connectivity index (χ4n) is 2.05. The van der Waals surface area contributed by atoms with Crippen LogP contribution in [0.5, 0.6) is 5.75 Å². The highest BCUT2D eigenvalue weighted by Gasteiger charge is 2.20. The molecule has 1 heterocycles. The lowest BCUT2D eigenvalue weighted by Crippen LogP contribution is -2.29. The highest BCUT2D eigenvalue weighted by molar-refractivity contribution is 9.10. The van der Waals surface area contributed by atoms with E-state index in [9.17, 15) is 9.59 Å². The summed E-state index contributed by atoms with van der Waals surface area (Å²) in [6.07, 6.45) is 1.05. The van der Waals surface area contributed by atoms with Crippen molar-refractivity contribution in [3.63, 3.8) is 0 Å². The Morgan fingerprint density at radius 1 is 1.39 bits per heavy atom. The Morgan fingerprint density at radius 2 is 2.17 bits per heavy atom. The first kappa shape index (κ1) is 17.1. The number of aliphatic carboxylic acids is 1. The van der Waals surface area contributed by atoms with E-state index >= 15 is 0 Å². The second kappa shape index (κ2) is 7.82. The van der Waals surface area contributed by atoms with Crippen LogP contribution in [0.15, 0.2) is 39.4 Å². The Morgan fingerprint density at radius 3 is 2.87 bits per heavy atom. The van der Waals surface area contributed by atoms with E-state index in [1.54, 1.807) is 6.92 Å². The van der Waals surface area contributed by atoms with Crippen LogP contribution in [0.4, 0.5) is 0 Å². The number of carbonyl (C=O) groups excluding carboxylic acids is 1. The highest BCUT2D eigenvalue weighted by Crippen LogP contribution is 2.18. The van der Waals surface area contributed by atoms with E-state index in [1.165, 1.54) is 6.26 Å². The summed E-state index contributed by atoms with van der Waals surface area (Å²) in [4.78, 5) is 22.9. The molecule has 0 atom stereocenters. The number of amides is 1. The molecule has 0 aliphatic rings. The van der Waals surface area contributed by atoms with Crippen molar-refractivity contribution in [2.45, 2.75) is 13.3 Å². The predicted molar refractivity (Wildman–Crippen MR) is 86.8 cm³/mol. The molecule has 7 heteroatoms. The average Bonchev–Trinajstić information content (AvgIpc) is 2.83. The SMILES string of the molecule is Cc1coc(CC(=O)O)c1C(=O)NCCOc1cccc(Br)c1. The summed E-state index contributed by atoms with van der Waals surface area (Å²) in [5, 5.41) is 11.5. The molecule has 6 nitrogen and oxygen atoms in total. The summed E-state index contributed by atoms with van der Waals surface area (Å²) in [5.74, 6) is -0.572. The molecule has 0 saturated carbocycles. The molecule has 1 aromatic carbocycles. The number of carboxylic acids is 1. The van der Waals surface area contributed by atoms with Crippen molar-refractivity contribution < 1.29 is 23.8 Å². The van der Waals surface area contributed by atoms with Gasteiger partial charge in [-0.2, -0.15) is 0 Å². The fourth-order valence-corrected chi connectivity index (χ4v) is 2.43. The van der Waals surface area contributed by atoms with E-state index < -0.39 is 5.97 Å². The van der Waals surface area contributed by atoms with Crippen LogP contribution in [0.1, 0.15) is 21.7 Å². The van der Waals surface area contributed by atoms with Crippen molar-refractivity contribution in [2.75, 3.05) is 13.2 Å². The maximum atomic E-state index is 12.2. The van der Waals surface area contributed by atoms with Gasteiger partial charge >= 0.3 is 5.97 Å². The average molecular weight is 382 g/mol. The van der Waals surface area contributed by atoms with Gasteiger partial charge in [0.2, 0.25) is 0 Å². The summed E-state index contributed by atoms with van der Waals surface area (Å²) >= 11 is 3.35. The first-order chi connectivity index (χ1) is 11.0. The molecular weight excluding hydrogens is 366 g/mol. The summed E-state index contributed by atoms with van der Waals surface area (Å²) in [7, 11) is 0. The van der Waals surface area contributed by atoms with E-state index in [-0.39, 0.29) is 23.7 Å². The lowest BCUT2D eigenvalue weighted by molar-refractivity contribution is -0.136. The first-order valence-corrected chi connectivity index (χ1v) is 7.72.